The van der Waals surface area contributed by atoms with Crippen molar-refractivity contribution >= 4 is 10.0 Å². The van der Waals surface area contributed by atoms with Crippen LogP contribution in [0.1, 0.15) is 33.6 Å². The van der Waals surface area contributed by atoms with Gasteiger partial charge in [-0.15, -0.1) is 0 Å². The summed E-state index contributed by atoms with van der Waals surface area (Å²) in [5, 5.41) is 0. The van der Waals surface area contributed by atoms with Crippen LogP contribution in [0, 0.1) is 0 Å². The molecule has 2 N–H and O–H groups in total. The van der Waals surface area contributed by atoms with Crippen LogP contribution >= 0.6 is 0 Å². The topological polar surface area (TPSA) is 63.4 Å². The Morgan fingerprint density at radius 2 is 1.93 bits per heavy atom. The molecule has 1 aliphatic rings. The van der Waals surface area contributed by atoms with Gasteiger partial charge in [0.25, 0.3) is 0 Å². The third kappa shape index (κ3) is 2.27. The Bertz CT molecular complexity index is 292. The summed E-state index contributed by atoms with van der Waals surface area (Å²) >= 11 is 0. The highest BCUT2D eigenvalue weighted by molar-refractivity contribution is 7.90. The Hall–Kier alpha value is -0.130. The van der Waals surface area contributed by atoms with Crippen molar-refractivity contribution in [3.05, 3.63) is 0 Å². The van der Waals surface area contributed by atoms with E-state index < -0.39 is 14.8 Å². The van der Waals surface area contributed by atoms with Crippen molar-refractivity contribution in [2.24, 2.45) is 5.73 Å². The van der Waals surface area contributed by atoms with Crippen molar-refractivity contribution in [1.29, 1.82) is 0 Å². The normalized spacial score (nSPS) is 26.4. The van der Waals surface area contributed by atoms with E-state index in [1.807, 2.05) is 0 Å². The zero-order chi connectivity index (χ0) is 11.0. The molecule has 0 saturated carbocycles. The van der Waals surface area contributed by atoms with Crippen molar-refractivity contribution < 1.29 is 8.42 Å². The number of piperidine rings is 1. The highest BCUT2D eigenvalue weighted by atomic mass is 32.2. The summed E-state index contributed by atoms with van der Waals surface area (Å²) in [6.07, 6.45) is 1.80. The van der Waals surface area contributed by atoms with Crippen molar-refractivity contribution in [3.63, 3.8) is 0 Å². The van der Waals surface area contributed by atoms with Gasteiger partial charge in [-0.25, -0.2) is 8.42 Å². The van der Waals surface area contributed by atoms with Crippen LogP contribution < -0.4 is 5.73 Å². The molecular weight excluding hydrogens is 200 g/mol. The highest BCUT2D eigenvalue weighted by Crippen LogP contribution is 2.23. The molecule has 0 aromatic heterocycles. The van der Waals surface area contributed by atoms with Crippen molar-refractivity contribution in [3.8, 4) is 0 Å². The van der Waals surface area contributed by atoms with Gasteiger partial charge < -0.3 is 5.73 Å². The monoisotopic (exact) mass is 220 g/mol. The molecule has 1 saturated heterocycles. The molecule has 0 radical (unpaired) electrons. The molecule has 1 rings (SSSR count). The number of hydrogen-bond acceptors (Lipinski definition) is 3. The second kappa shape index (κ2) is 3.79. The minimum atomic E-state index is -3.18. The number of nitrogens with zero attached hydrogens (tertiary/aromatic N) is 1. The molecule has 0 aromatic carbocycles. The van der Waals surface area contributed by atoms with Gasteiger partial charge in [-0.05, 0) is 33.6 Å². The minimum absolute atomic E-state index is 0.000810. The Kier molecular flexibility index (Phi) is 3.23. The Morgan fingerprint density at radius 3 is 2.36 bits per heavy atom. The Labute approximate surface area is 86.5 Å². The van der Waals surface area contributed by atoms with Gasteiger partial charge in [0, 0.05) is 19.1 Å². The lowest BCUT2D eigenvalue weighted by Gasteiger charge is -2.34. The molecule has 0 spiro atoms. The summed E-state index contributed by atoms with van der Waals surface area (Å²) in [7, 11) is -3.18. The minimum Gasteiger partial charge on any atom is -0.327 e. The number of rotatable bonds is 1. The fourth-order valence-electron chi connectivity index (χ4n) is 1.58. The highest BCUT2D eigenvalue weighted by Gasteiger charge is 2.36. The van der Waals surface area contributed by atoms with Crippen molar-refractivity contribution in [2.45, 2.75) is 44.4 Å². The molecule has 1 atom stereocenters. The van der Waals surface area contributed by atoms with Crippen LogP contribution in [0.4, 0.5) is 0 Å². The van der Waals surface area contributed by atoms with E-state index in [1.165, 1.54) is 4.31 Å². The summed E-state index contributed by atoms with van der Waals surface area (Å²) in [6.45, 7) is 6.26. The SMILES string of the molecule is CC(C)(C)S(=O)(=O)N1CCC[C@@H](N)C1. The lowest BCUT2D eigenvalue weighted by molar-refractivity contribution is 0.308. The van der Waals surface area contributed by atoms with Crippen LogP contribution in [-0.2, 0) is 10.0 Å². The van der Waals surface area contributed by atoms with Crippen LogP contribution in [-0.4, -0.2) is 36.6 Å². The summed E-state index contributed by atoms with van der Waals surface area (Å²) in [6, 6.07) is 0.000810. The Morgan fingerprint density at radius 1 is 1.36 bits per heavy atom. The van der Waals surface area contributed by atoms with Gasteiger partial charge in [0.15, 0.2) is 0 Å². The molecule has 0 amide bonds. The molecule has 4 nitrogen and oxygen atoms in total. The molecular formula is C9H20N2O2S. The van der Waals surface area contributed by atoms with Crippen molar-refractivity contribution in [2.75, 3.05) is 13.1 Å². The quantitative estimate of drug-likeness (QED) is 0.701. The van der Waals surface area contributed by atoms with E-state index in [-0.39, 0.29) is 6.04 Å². The van der Waals surface area contributed by atoms with Gasteiger partial charge in [0.05, 0.1) is 4.75 Å². The fraction of sp³-hybridized carbons (Fsp3) is 1.00. The van der Waals surface area contributed by atoms with Crippen LogP contribution in [0.3, 0.4) is 0 Å². The second-order valence-corrected chi connectivity index (χ2v) is 7.57. The third-order valence-electron chi connectivity index (χ3n) is 2.53. The zero-order valence-electron chi connectivity index (χ0n) is 9.16. The maximum absolute atomic E-state index is 12.0. The second-order valence-electron chi connectivity index (χ2n) is 4.88. The first-order valence-electron chi connectivity index (χ1n) is 5.00. The van der Waals surface area contributed by atoms with Crippen LogP contribution in [0.25, 0.3) is 0 Å². The molecule has 1 aliphatic heterocycles. The van der Waals surface area contributed by atoms with Crippen molar-refractivity contribution in [1.82, 2.24) is 4.31 Å². The average molecular weight is 220 g/mol. The van der Waals surface area contributed by atoms with Gasteiger partial charge in [0.1, 0.15) is 0 Å². The summed E-state index contributed by atoms with van der Waals surface area (Å²) in [5.41, 5.74) is 5.76. The predicted molar refractivity (Wildman–Crippen MR) is 57.5 cm³/mol. The first kappa shape index (κ1) is 11.9. The lowest BCUT2D eigenvalue weighted by Crippen LogP contribution is -2.50. The van der Waals surface area contributed by atoms with Crippen LogP contribution in [0.2, 0.25) is 0 Å². The zero-order valence-corrected chi connectivity index (χ0v) is 9.97. The van der Waals surface area contributed by atoms with Gasteiger partial charge >= 0.3 is 0 Å². The van der Waals surface area contributed by atoms with Gasteiger partial charge in [-0.1, -0.05) is 0 Å². The smallest absolute Gasteiger partial charge is 0.219 e. The van der Waals surface area contributed by atoms with Gasteiger partial charge in [-0.3, -0.25) is 0 Å². The van der Waals surface area contributed by atoms with Gasteiger partial charge in [-0.2, -0.15) is 4.31 Å². The average Bonchev–Trinajstić information content (AvgIpc) is 2.02. The van der Waals surface area contributed by atoms with Crippen LogP contribution in [0.5, 0.6) is 0 Å². The molecule has 1 fully saturated rings. The molecule has 1 heterocycles. The predicted octanol–water partition coefficient (Wildman–Crippen LogP) is 0.538. The van der Waals surface area contributed by atoms with E-state index in [4.69, 9.17) is 5.73 Å². The molecule has 84 valence electrons. The number of nitrogens with two attached hydrogens (primary N) is 1. The van der Waals surface area contributed by atoms with E-state index in [0.717, 1.165) is 12.8 Å². The summed E-state index contributed by atoms with van der Waals surface area (Å²) in [4.78, 5) is 0. The molecule has 0 aromatic rings. The van der Waals surface area contributed by atoms with E-state index >= 15 is 0 Å². The third-order valence-corrected chi connectivity index (χ3v) is 5.09. The maximum Gasteiger partial charge on any atom is 0.219 e. The first-order chi connectivity index (χ1) is 6.25. The maximum atomic E-state index is 12.0. The van der Waals surface area contributed by atoms with Crippen LogP contribution in [0.15, 0.2) is 0 Å². The first-order valence-corrected chi connectivity index (χ1v) is 6.44. The van der Waals surface area contributed by atoms with Gasteiger partial charge in [0.2, 0.25) is 10.0 Å². The number of hydrogen-bond donors (Lipinski definition) is 1. The molecule has 14 heavy (non-hydrogen) atoms. The van der Waals surface area contributed by atoms with E-state index in [0.29, 0.717) is 13.1 Å². The summed E-state index contributed by atoms with van der Waals surface area (Å²) < 4.78 is 24.9. The standard InChI is InChI=1S/C9H20N2O2S/c1-9(2,3)14(12,13)11-6-4-5-8(10)7-11/h8H,4-7,10H2,1-3H3/t8-/m1/s1. The van der Waals surface area contributed by atoms with E-state index in [1.54, 1.807) is 20.8 Å². The molecule has 0 bridgehead atoms. The largest absolute Gasteiger partial charge is 0.327 e. The lowest BCUT2D eigenvalue weighted by atomic mass is 10.1. The fourth-order valence-corrected chi connectivity index (χ4v) is 3.11. The number of sulfonamides is 1. The Balaban J connectivity index is 2.83. The molecule has 5 heteroatoms. The van der Waals surface area contributed by atoms with E-state index in [2.05, 4.69) is 0 Å². The molecule has 0 unspecified atom stereocenters. The molecule has 0 aliphatic carbocycles. The van der Waals surface area contributed by atoms with E-state index in [9.17, 15) is 8.42 Å². The summed E-state index contributed by atoms with van der Waals surface area (Å²) in [5.74, 6) is 0.